The van der Waals surface area contributed by atoms with E-state index >= 15 is 0 Å². The summed E-state index contributed by atoms with van der Waals surface area (Å²) in [6.45, 7) is 0. The van der Waals surface area contributed by atoms with E-state index < -0.39 is 0 Å². The van der Waals surface area contributed by atoms with Crippen molar-refractivity contribution in [3.63, 3.8) is 0 Å². The zero-order valence-electron chi connectivity index (χ0n) is 57.0. The number of hydrogen-bond donors (Lipinski definition) is 0. The van der Waals surface area contributed by atoms with Crippen molar-refractivity contribution in [1.29, 1.82) is 0 Å². The first-order chi connectivity index (χ1) is 52.4. The first-order valence-corrected chi connectivity index (χ1v) is 35.4. The van der Waals surface area contributed by atoms with Crippen molar-refractivity contribution in [1.82, 2.24) is 49.8 Å². The highest BCUT2D eigenvalue weighted by molar-refractivity contribution is 6.09. The molecule has 10 aromatic heterocycles. The molecule has 10 heteroatoms. The monoisotopic (exact) mass is 1350 g/mol. The quantitative estimate of drug-likeness (QED) is 0.129. The summed E-state index contributed by atoms with van der Waals surface area (Å²) in [5.74, 6) is 0. The molecule has 0 unspecified atom stereocenters. The van der Waals surface area contributed by atoms with Gasteiger partial charge in [0.2, 0.25) is 0 Å². The Hall–Kier alpha value is -14.5. The van der Waals surface area contributed by atoms with Crippen molar-refractivity contribution in [2.24, 2.45) is 0 Å². The van der Waals surface area contributed by atoms with Crippen LogP contribution in [0.25, 0.3) is 210 Å². The van der Waals surface area contributed by atoms with E-state index in [1.54, 1.807) is 0 Å². The van der Waals surface area contributed by atoms with Crippen molar-refractivity contribution in [2.45, 2.75) is 0 Å². The van der Waals surface area contributed by atoms with Crippen LogP contribution in [0.4, 0.5) is 0 Å². The highest BCUT2D eigenvalue weighted by atomic mass is 14.8. The third-order valence-electron chi connectivity index (χ3n) is 20.4. The van der Waals surface area contributed by atoms with Gasteiger partial charge in [-0.2, -0.15) is 0 Å². The predicted molar refractivity (Wildman–Crippen MR) is 435 cm³/mol. The van der Waals surface area contributed by atoms with Gasteiger partial charge in [0.05, 0.1) is 78.3 Å². The Labute approximate surface area is 608 Å². The summed E-state index contributed by atoms with van der Waals surface area (Å²) in [7, 11) is 0. The summed E-state index contributed by atoms with van der Waals surface area (Å²) in [6, 6.07) is 110. The zero-order chi connectivity index (χ0) is 70.0. The molecule has 21 aromatic rings. The molecular formula is C96H58N10. The average Bonchev–Trinajstić information content (AvgIpc) is 0.786. The average molecular weight is 1350 g/mol. The molecule has 0 aliphatic carbocycles. The van der Waals surface area contributed by atoms with E-state index in [9.17, 15) is 0 Å². The van der Waals surface area contributed by atoms with Gasteiger partial charge in [-0.3, -0.25) is 19.9 Å². The smallest absolute Gasteiger partial charge is 0.0972 e. The Morgan fingerprint density at radius 1 is 0.170 bits per heavy atom. The highest BCUT2D eigenvalue weighted by Gasteiger charge is 2.16. The van der Waals surface area contributed by atoms with Gasteiger partial charge >= 0.3 is 0 Å². The van der Waals surface area contributed by atoms with E-state index in [-0.39, 0.29) is 0 Å². The van der Waals surface area contributed by atoms with Gasteiger partial charge in [0.1, 0.15) is 0 Å². The molecular weight excluding hydrogens is 1290 g/mol. The van der Waals surface area contributed by atoms with Crippen molar-refractivity contribution in [2.75, 3.05) is 0 Å². The largest absolute Gasteiger partial charge is 0.264 e. The molecule has 21 rings (SSSR count). The van der Waals surface area contributed by atoms with Crippen LogP contribution in [0.2, 0.25) is 0 Å². The predicted octanol–water partition coefficient (Wildman–Crippen LogP) is 23.9. The van der Waals surface area contributed by atoms with Gasteiger partial charge in [-0.15, -0.1) is 0 Å². The van der Waals surface area contributed by atoms with E-state index in [4.69, 9.17) is 29.9 Å². The Morgan fingerprint density at radius 2 is 0.547 bits per heavy atom. The standard InChI is InChI=1S/C51H31N5.C45H27N5/c1-2-5-34(6-3-1)44-24-21-38-15-16-39-22-25-45(56-51(39)50(38)55-44)35-11-9-32(10-12-35)40-17-13-36-19-23-46(53-48(36)29-40)41-18-14-37-20-26-47(54-49(37)30-41)42-8-4-7-33-27-28-52-31-43(33)42;1-3-29-20-23-46-27-39(29)37(5-1)41-19-16-32-11-13-35(26-43(32)50-41)40-18-15-31-10-12-34(25-42(31)49-40)28-6-8-30(9-7-28)36-21-24-48-45-38(36)17-14-33-4-2-22-47-44(33)45/h1-31H;1-27H. The fourth-order valence-corrected chi connectivity index (χ4v) is 14.8. The number of nitrogens with zero attached hydrogens (tertiary/aromatic N) is 10. The maximum absolute atomic E-state index is 5.16. The Balaban J connectivity index is 0.000000141. The van der Waals surface area contributed by atoms with E-state index in [1.807, 2.05) is 73.6 Å². The Kier molecular flexibility index (Phi) is 15.0. The molecule has 0 radical (unpaired) electrons. The molecule has 10 heterocycles. The van der Waals surface area contributed by atoms with Crippen molar-refractivity contribution in [3.05, 3.63) is 353 Å². The summed E-state index contributed by atoms with van der Waals surface area (Å²) in [4.78, 5) is 48.8. The van der Waals surface area contributed by atoms with Crippen LogP contribution in [-0.2, 0) is 0 Å². The summed E-state index contributed by atoms with van der Waals surface area (Å²) in [5.41, 5.74) is 26.1. The van der Waals surface area contributed by atoms with Crippen LogP contribution in [0.5, 0.6) is 0 Å². The second-order valence-electron chi connectivity index (χ2n) is 26.7. The van der Waals surface area contributed by atoms with Gasteiger partial charge in [-0.1, -0.05) is 231 Å². The minimum absolute atomic E-state index is 0.906. The third kappa shape index (κ3) is 11.4. The molecule has 0 spiro atoms. The van der Waals surface area contributed by atoms with Crippen LogP contribution in [0.3, 0.4) is 0 Å². The fourth-order valence-electron chi connectivity index (χ4n) is 14.8. The minimum Gasteiger partial charge on any atom is -0.264 e. The number of fused-ring (bicyclic) bond motifs is 12. The van der Waals surface area contributed by atoms with Crippen LogP contribution in [0.15, 0.2) is 353 Å². The van der Waals surface area contributed by atoms with Crippen LogP contribution in [0.1, 0.15) is 0 Å². The number of aromatic nitrogens is 10. The van der Waals surface area contributed by atoms with Gasteiger partial charge in [0.15, 0.2) is 0 Å². The maximum atomic E-state index is 5.16. The molecule has 0 amide bonds. The number of pyridine rings is 10. The Bertz CT molecular complexity index is 7080. The fraction of sp³-hybridized carbons (Fsp3) is 0. The number of hydrogen-bond acceptors (Lipinski definition) is 10. The zero-order valence-corrected chi connectivity index (χ0v) is 57.0. The van der Waals surface area contributed by atoms with E-state index in [2.05, 4.69) is 299 Å². The molecule has 11 aromatic carbocycles. The van der Waals surface area contributed by atoms with Gasteiger partial charge in [0.25, 0.3) is 0 Å². The van der Waals surface area contributed by atoms with Gasteiger partial charge in [0, 0.05) is 124 Å². The van der Waals surface area contributed by atoms with Crippen LogP contribution in [-0.4, -0.2) is 49.8 Å². The van der Waals surface area contributed by atoms with E-state index in [0.717, 1.165) is 210 Å². The summed E-state index contributed by atoms with van der Waals surface area (Å²) in [5, 5.41) is 13.2. The molecule has 0 atom stereocenters. The molecule has 492 valence electrons. The molecule has 0 aliphatic rings. The van der Waals surface area contributed by atoms with Crippen molar-refractivity contribution < 1.29 is 0 Å². The lowest BCUT2D eigenvalue weighted by Crippen LogP contribution is -1.91. The number of rotatable bonds is 9. The normalized spacial score (nSPS) is 11.6. The lowest BCUT2D eigenvalue weighted by atomic mass is 9.97. The highest BCUT2D eigenvalue weighted by Crippen LogP contribution is 2.38. The number of benzene rings is 11. The van der Waals surface area contributed by atoms with Gasteiger partial charge in [-0.05, 0) is 129 Å². The molecule has 0 N–H and O–H groups in total. The van der Waals surface area contributed by atoms with Gasteiger partial charge in [-0.25, -0.2) is 29.9 Å². The van der Waals surface area contributed by atoms with Crippen LogP contribution >= 0.6 is 0 Å². The lowest BCUT2D eigenvalue weighted by molar-refractivity contribution is 1.35. The SMILES string of the molecule is c1cc(-c2ccc3ccc(-c4ccc5ccc(-c6ccc(-c7ccnc8c7ccc7cccnc78)cc6)cc5n4)cc3n2)c2cnccc2c1.c1ccc(-c2ccc3ccc4ccc(-c5ccc(-c6ccc7ccc(-c8ccc9ccc(-c%10cccc%11ccncc%10%11)nc9c8)nc7c6)cc5)nc4c3n2)cc1. The minimum atomic E-state index is 0.906. The molecule has 0 aliphatic heterocycles. The molecule has 10 nitrogen and oxygen atoms in total. The molecule has 0 fully saturated rings. The first-order valence-electron chi connectivity index (χ1n) is 35.4. The summed E-state index contributed by atoms with van der Waals surface area (Å²) >= 11 is 0. The first kappa shape index (κ1) is 61.4. The lowest BCUT2D eigenvalue weighted by Gasteiger charge is -2.10. The van der Waals surface area contributed by atoms with E-state index in [0.29, 0.717) is 0 Å². The molecule has 106 heavy (non-hydrogen) atoms. The van der Waals surface area contributed by atoms with Crippen molar-refractivity contribution >= 4 is 109 Å². The Morgan fingerprint density at radius 3 is 1.08 bits per heavy atom. The van der Waals surface area contributed by atoms with Crippen molar-refractivity contribution in [3.8, 4) is 101 Å². The second kappa shape index (κ2) is 25.8. The van der Waals surface area contributed by atoms with Crippen LogP contribution < -0.4 is 0 Å². The topological polar surface area (TPSA) is 129 Å². The third-order valence-corrected chi connectivity index (χ3v) is 20.4. The summed E-state index contributed by atoms with van der Waals surface area (Å²) in [6.07, 6.45) is 11.2. The second-order valence-corrected chi connectivity index (χ2v) is 26.7. The maximum Gasteiger partial charge on any atom is 0.0972 e. The molecule has 0 saturated heterocycles. The van der Waals surface area contributed by atoms with E-state index in [1.165, 1.54) is 0 Å². The van der Waals surface area contributed by atoms with Gasteiger partial charge < -0.3 is 0 Å². The molecule has 0 saturated carbocycles. The summed E-state index contributed by atoms with van der Waals surface area (Å²) < 4.78 is 0. The molecule has 0 bridgehead atoms. The van der Waals surface area contributed by atoms with Crippen LogP contribution in [0, 0.1) is 0 Å².